The minimum absolute atomic E-state index is 0.0933. The topological polar surface area (TPSA) is 84.9 Å². The van der Waals surface area contributed by atoms with E-state index in [1.807, 2.05) is 13.8 Å². The standard InChI is InChI=1S/C14H25NO5/c1-3-10(2)13(14(17)18)15-12(16)6-8-19-9-11-5-4-7-20-11/h10-11,13H,3-9H2,1-2H3,(H,15,16)(H,17,18). The highest BCUT2D eigenvalue weighted by Crippen LogP contribution is 2.12. The van der Waals surface area contributed by atoms with Gasteiger partial charge in [-0.3, -0.25) is 4.79 Å². The van der Waals surface area contributed by atoms with Crippen molar-refractivity contribution in [2.24, 2.45) is 5.92 Å². The summed E-state index contributed by atoms with van der Waals surface area (Å²) in [5, 5.41) is 11.6. The van der Waals surface area contributed by atoms with Gasteiger partial charge in [0, 0.05) is 13.0 Å². The fourth-order valence-electron chi connectivity index (χ4n) is 2.08. The van der Waals surface area contributed by atoms with Gasteiger partial charge in [-0.25, -0.2) is 4.79 Å². The molecule has 0 aromatic carbocycles. The molecule has 0 saturated carbocycles. The van der Waals surface area contributed by atoms with Gasteiger partial charge in [-0.15, -0.1) is 0 Å². The maximum atomic E-state index is 11.7. The Bertz CT molecular complexity index is 315. The Labute approximate surface area is 119 Å². The molecule has 0 aromatic heterocycles. The number of carbonyl (C=O) groups excluding carboxylic acids is 1. The summed E-state index contributed by atoms with van der Waals surface area (Å²) in [4.78, 5) is 22.8. The molecular weight excluding hydrogens is 262 g/mol. The lowest BCUT2D eigenvalue weighted by atomic mass is 9.99. The minimum Gasteiger partial charge on any atom is -0.480 e. The van der Waals surface area contributed by atoms with Gasteiger partial charge in [0.2, 0.25) is 5.91 Å². The van der Waals surface area contributed by atoms with Crippen LogP contribution in [-0.4, -0.2) is 48.9 Å². The number of nitrogens with one attached hydrogen (secondary N) is 1. The fraction of sp³-hybridized carbons (Fsp3) is 0.857. The fourth-order valence-corrected chi connectivity index (χ4v) is 2.08. The molecule has 0 radical (unpaired) electrons. The lowest BCUT2D eigenvalue weighted by Crippen LogP contribution is -2.45. The maximum Gasteiger partial charge on any atom is 0.326 e. The quantitative estimate of drug-likeness (QED) is 0.622. The minimum atomic E-state index is -0.993. The van der Waals surface area contributed by atoms with Gasteiger partial charge in [0.1, 0.15) is 6.04 Å². The number of ether oxygens (including phenoxy) is 2. The zero-order chi connectivity index (χ0) is 15.0. The van der Waals surface area contributed by atoms with Crippen molar-refractivity contribution in [2.45, 2.75) is 51.7 Å². The predicted molar refractivity (Wildman–Crippen MR) is 73.4 cm³/mol. The molecule has 6 heteroatoms. The number of aliphatic carboxylic acids is 1. The van der Waals surface area contributed by atoms with Crippen molar-refractivity contribution in [3.63, 3.8) is 0 Å². The molecule has 20 heavy (non-hydrogen) atoms. The Morgan fingerprint density at radius 2 is 2.25 bits per heavy atom. The molecule has 0 aromatic rings. The second-order valence-corrected chi connectivity index (χ2v) is 5.23. The Morgan fingerprint density at radius 1 is 1.50 bits per heavy atom. The Balaban J connectivity index is 2.18. The van der Waals surface area contributed by atoms with Crippen LogP contribution in [0, 0.1) is 5.92 Å². The molecule has 2 N–H and O–H groups in total. The van der Waals surface area contributed by atoms with Crippen molar-refractivity contribution in [2.75, 3.05) is 19.8 Å². The van der Waals surface area contributed by atoms with Crippen LogP contribution in [0.3, 0.4) is 0 Å². The number of rotatable bonds is 9. The van der Waals surface area contributed by atoms with Crippen molar-refractivity contribution >= 4 is 11.9 Å². The largest absolute Gasteiger partial charge is 0.480 e. The molecule has 1 rings (SSSR count). The number of hydrogen-bond acceptors (Lipinski definition) is 4. The second-order valence-electron chi connectivity index (χ2n) is 5.23. The second kappa shape index (κ2) is 8.92. The molecule has 1 aliphatic heterocycles. The summed E-state index contributed by atoms with van der Waals surface area (Å²) in [6.07, 6.45) is 3.08. The molecule has 116 valence electrons. The van der Waals surface area contributed by atoms with E-state index in [0.717, 1.165) is 19.4 Å². The third-order valence-corrected chi connectivity index (χ3v) is 3.60. The zero-order valence-corrected chi connectivity index (χ0v) is 12.3. The van der Waals surface area contributed by atoms with Gasteiger partial charge in [0.05, 0.1) is 19.3 Å². The summed E-state index contributed by atoms with van der Waals surface area (Å²) in [6.45, 7) is 5.29. The summed E-state index contributed by atoms with van der Waals surface area (Å²) in [5.74, 6) is -1.37. The number of carboxylic acids is 1. The van der Waals surface area contributed by atoms with Crippen molar-refractivity contribution in [1.29, 1.82) is 0 Å². The van der Waals surface area contributed by atoms with Crippen LogP contribution in [0.2, 0.25) is 0 Å². The van der Waals surface area contributed by atoms with Gasteiger partial charge in [-0.05, 0) is 18.8 Å². The summed E-state index contributed by atoms with van der Waals surface area (Å²) >= 11 is 0. The monoisotopic (exact) mass is 287 g/mol. The van der Waals surface area contributed by atoms with Crippen molar-refractivity contribution in [1.82, 2.24) is 5.32 Å². The zero-order valence-electron chi connectivity index (χ0n) is 12.3. The molecule has 1 aliphatic rings. The highest BCUT2D eigenvalue weighted by Gasteiger charge is 2.25. The van der Waals surface area contributed by atoms with E-state index in [-0.39, 0.29) is 24.3 Å². The average Bonchev–Trinajstić information content (AvgIpc) is 2.93. The third kappa shape index (κ3) is 5.88. The first-order valence-electron chi connectivity index (χ1n) is 7.26. The highest BCUT2D eigenvalue weighted by atomic mass is 16.5. The van der Waals surface area contributed by atoms with E-state index in [4.69, 9.17) is 14.6 Å². The van der Waals surface area contributed by atoms with E-state index < -0.39 is 12.0 Å². The highest BCUT2D eigenvalue weighted by molar-refractivity contribution is 5.83. The normalized spacial score (nSPS) is 21.4. The molecule has 6 nitrogen and oxygen atoms in total. The van der Waals surface area contributed by atoms with Gasteiger partial charge in [0.25, 0.3) is 0 Å². The maximum absolute atomic E-state index is 11.7. The van der Waals surface area contributed by atoms with Gasteiger partial charge in [-0.2, -0.15) is 0 Å². The SMILES string of the molecule is CCC(C)C(NC(=O)CCOCC1CCCO1)C(=O)O. The number of carbonyl (C=O) groups is 2. The lowest BCUT2D eigenvalue weighted by molar-refractivity contribution is -0.143. The molecule has 1 fully saturated rings. The summed E-state index contributed by atoms with van der Waals surface area (Å²) < 4.78 is 10.8. The van der Waals surface area contributed by atoms with Crippen LogP contribution in [0.5, 0.6) is 0 Å². The summed E-state index contributed by atoms with van der Waals surface area (Å²) in [5.41, 5.74) is 0. The van der Waals surface area contributed by atoms with Gasteiger partial charge >= 0.3 is 5.97 Å². The predicted octanol–water partition coefficient (Wildman–Crippen LogP) is 1.19. The molecule has 1 amide bonds. The van der Waals surface area contributed by atoms with Crippen LogP contribution >= 0.6 is 0 Å². The van der Waals surface area contributed by atoms with E-state index >= 15 is 0 Å². The van der Waals surface area contributed by atoms with Crippen molar-refractivity contribution < 1.29 is 24.2 Å². The van der Waals surface area contributed by atoms with E-state index in [0.29, 0.717) is 19.6 Å². The molecular formula is C14H25NO5. The van der Waals surface area contributed by atoms with Crippen molar-refractivity contribution in [3.8, 4) is 0 Å². The average molecular weight is 287 g/mol. The summed E-state index contributed by atoms with van der Waals surface area (Å²) in [7, 11) is 0. The van der Waals surface area contributed by atoms with Gasteiger partial charge in [0.15, 0.2) is 0 Å². The third-order valence-electron chi connectivity index (χ3n) is 3.60. The van der Waals surface area contributed by atoms with Crippen LogP contribution in [0.4, 0.5) is 0 Å². The first kappa shape index (κ1) is 16.9. The molecule has 3 atom stereocenters. The molecule has 0 bridgehead atoms. The van der Waals surface area contributed by atoms with E-state index in [9.17, 15) is 9.59 Å². The molecule has 1 saturated heterocycles. The first-order valence-corrected chi connectivity index (χ1v) is 7.26. The smallest absolute Gasteiger partial charge is 0.326 e. The molecule has 1 heterocycles. The van der Waals surface area contributed by atoms with E-state index in [1.54, 1.807) is 0 Å². The molecule has 0 spiro atoms. The summed E-state index contributed by atoms with van der Waals surface area (Å²) in [6, 6.07) is -0.828. The first-order chi connectivity index (χ1) is 9.54. The van der Waals surface area contributed by atoms with E-state index in [2.05, 4.69) is 5.32 Å². The van der Waals surface area contributed by atoms with Gasteiger partial charge < -0.3 is 19.9 Å². The van der Waals surface area contributed by atoms with Crippen LogP contribution in [0.25, 0.3) is 0 Å². The lowest BCUT2D eigenvalue weighted by Gasteiger charge is -2.20. The number of carboxylic acid groups (broad SMARTS) is 1. The number of amides is 1. The van der Waals surface area contributed by atoms with Crippen LogP contribution in [-0.2, 0) is 19.1 Å². The van der Waals surface area contributed by atoms with Crippen LogP contribution < -0.4 is 5.32 Å². The Morgan fingerprint density at radius 3 is 2.80 bits per heavy atom. The molecule has 3 unspecified atom stereocenters. The van der Waals surface area contributed by atoms with Crippen LogP contribution in [0.15, 0.2) is 0 Å². The van der Waals surface area contributed by atoms with Gasteiger partial charge in [-0.1, -0.05) is 20.3 Å². The Kier molecular flexibility index (Phi) is 7.54. The van der Waals surface area contributed by atoms with E-state index in [1.165, 1.54) is 0 Å². The van der Waals surface area contributed by atoms with Crippen LogP contribution in [0.1, 0.15) is 39.5 Å². The van der Waals surface area contributed by atoms with Crippen molar-refractivity contribution in [3.05, 3.63) is 0 Å². The molecule has 0 aliphatic carbocycles. The Hall–Kier alpha value is -1.14. The number of hydrogen-bond donors (Lipinski definition) is 2.